The van der Waals surface area contributed by atoms with Crippen LogP contribution in [0.4, 0.5) is 5.82 Å². The normalized spacial score (nSPS) is 27.7. The molecule has 2 fully saturated rings. The van der Waals surface area contributed by atoms with Gasteiger partial charge in [0, 0.05) is 24.7 Å². The summed E-state index contributed by atoms with van der Waals surface area (Å²) in [5.74, 6) is 1.55. The van der Waals surface area contributed by atoms with E-state index >= 15 is 0 Å². The van der Waals surface area contributed by atoms with Crippen LogP contribution in [0.1, 0.15) is 37.9 Å². The van der Waals surface area contributed by atoms with Crippen LogP contribution in [-0.2, 0) is 0 Å². The fourth-order valence-electron chi connectivity index (χ4n) is 3.41. The van der Waals surface area contributed by atoms with Crippen molar-refractivity contribution in [3.05, 3.63) is 22.2 Å². The van der Waals surface area contributed by atoms with Crippen LogP contribution in [0.5, 0.6) is 0 Å². The zero-order valence-corrected chi connectivity index (χ0v) is 11.5. The van der Waals surface area contributed by atoms with Crippen LogP contribution in [0.15, 0.2) is 10.9 Å². The lowest BCUT2D eigenvalue weighted by Gasteiger charge is -2.40. The maximum atomic E-state index is 11.6. The molecule has 2 saturated heterocycles. The molecule has 0 aromatic carbocycles. The highest BCUT2D eigenvalue weighted by molar-refractivity contribution is 5.40. The maximum Gasteiger partial charge on any atom is 0.252 e. The molecule has 2 aliphatic heterocycles. The third-order valence-corrected chi connectivity index (χ3v) is 4.25. The number of piperidine rings is 1. The lowest BCUT2D eigenvalue weighted by molar-refractivity contribution is 0.376. The number of aromatic amines is 1. The molecule has 2 unspecified atom stereocenters. The molecule has 5 nitrogen and oxygen atoms in total. The van der Waals surface area contributed by atoms with Crippen LogP contribution in [0.2, 0.25) is 0 Å². The number of anilines is 1. The number of rotatable bonds is 2. The van der Waals surface area contributed by atoms with Crippen molar-refractivity contribution < 1.29 is 0 Å². The van der Waals surface area contributed by atoms with Crippen molar-refractivity contribution in [2.75, 3.05) is 18.0 Å². The number of nitrogens with zero attached hydrogens (tertiary/aromatic N) is 2. The molecule has 104 valence electrons. The average molecular weight is 262 g/mol. The van der Waals surface area contributed by atoms with Crippen molar-refractivity contribution in [1.29, 1.82) is 0 Å². The van der Waals surface area contributed by atoms with Crippen molar-refractivity contribution in [1.82, 2.24) is 15.3 Å². The summed E-state index contributed by atoms with van der Waals surface area (Å²) in [6.07, 6.45) is 6.17. The third kappa shape index (κ3) is 2.66. The lowest BCUT2D eigenvalue weighted by Crippen LogP contribution is -2.51. The third-order valence-electron chi connectivity index (χ3n) is 4.25. The van der Waals surface area contributed by atoms with Gasteiger partial charge in [0.05, 0.1) is 0 Å². The van der Waals surface area contributed by atoms with Gasteiger partial charge < -0.3 is 15.2 Å². The van der Waals surface area contributed by atoms with E-state index in [-0.39, 0.29) is 5.56 Å². The molecular weight excluding hydrogens is 240 g/mol. The van der Waals surface area contributed by atoms with Gasteiger partial charge in [-0.3, -0.25) is 4.79 Å². The molecule has 1 aromatic heterocycles. The molecule has 3 heterocycles. The largest absolute Gasteiger partial charge is 0.352 e. The smallest absolute Gasteiger partial charge is 0.252 e. The van der Waals surface area contributed by atoms with Crippen molar-refractivity contribution in [2.24, 2.45) is 0 Å². The Balaban J connectivity index is 1.88. The van der Waals surface area contributed by atoms with E-state index < -0.39 is 0 Å². The van der Waals surface area contributed by atoms with Crippen LogP contribution in [0, 0.1) is 6.92 Å². The number of H-pyrrole nitrogens is 1. The topological polar surface area (TPSA) is 61.0 Å². The van der Waals surface area contributed by atoms with Gasteiger partial charge >= 0.3 is 0 Å². The van der Waals surface area contributed by atoms with Gasteiger partial charge in [0.25, 0.3) is 5.56 Å². The Morgan fingerprint density at radius 1 is 1.32 bits per heavy atom. The zero-order valence-electron chi connectivity index (χ0n) is 11.5. The van der Waals surface area contributed by atoms with E-state index in [0.717, 1.165) is 18.9 Å². The summed E-state index contributed by atoms with van der Waals surface area (Å²) in [5.41, 5.74) is -0.0498. The fourth-order valence-corrected chi connectivity index (χ4v) is 3.41. The van der Waals surface area contributed by atoms with Crippen LogP contribution in [0.25, 0.3) is 0 Å². The highest BCUT2D eigenvalue weighted by atomic mass is 16.1. The summed E-state index contributed by atoms with van der Waals surface area (Å²) in [4.78, 5) is 21.2. The molecule has 1 aromatic rings. The van der Waals surface area contributed by atoms with Crippen LogP contribution < -0.4 is 15.8 Å². The molecule has 2 N–H and O–H groups in total. The number of hydrogen-bond acceptors (Lipinski definition) is 4. The summed E-state index contributed by atoms with van der Waals surface area (Å²) in [6, 6.07) is 2.69. The number of aromatic nitrogens is 2. The SMILES string of the molecule is Cc1nc(N2CCCCC2C2CCCN2)cc(=O)[nH]1. The molecule has 0 radical (unpaired) electrons. The van der Waals surface area contributed by atoms with Gasteiger partial charge in [-0.15, -0.1) is 0 Å². The predicted octanol–water partition coefficient (Wildman–Crippen LogP) is 1.19. The second kappa shape index (κ2) is 5.33. The second-order valence-electron chi connectivity index (χ2n) is 5.65. The maximum absolute atomic E-state index is 11.6. The van der Waals surface area contributed by atoms with Crippen LogP contribution in [0.3, 0.4) is 0 Å². The van der Waals surface area contributed by atoms with Gasteiger partial charge in [0.15, 0.2) is 0 Å². The summed E-state index contributed by atoms with van der Waals surface area (Å²) in [7, 11) is 0. The quantitative estimate of drug-likeness (QED) is 0.840. The Morgan fingerprint density at radius 2 is 2.21 bits per heavy atom. The monoisotopic (exact) mass is 262 g/mol. The zero-order chi connectivity index (χ0) is 13.2. The first kappa shape index (κ1) is 12.7. The molecule has 0 bridgehead atoms. The molecular formula is C14H22N4O. The van der Waals surface area contributed by atoms with Crippen molar-refractivity contribution in [3.8, 4) is 0 Å². The molecule has 0 amide bonds. The van der Waals surface area contributed by atoms with Crippen molar-refractivity contribution >= 4 is 5.82 Å². The minimum atomic E-state index is -0.0498. The van der Waals surface area contributed by atoms with Gasteiger partial charge in [0.2, 0.25) is 0 Å². The van der Waals surface area contributed by atoms with Crippen LogP contribution >= 0.6 is 0 Å². The Bertz CT molecular complexity index is 492. The molecule has 0 saturated carbocycles. The predicted molar refractivity (Wildman–Crippen MR) is 75.6 cm³/mol. The van der Waals surface area contributed by atoms with E-state index in [2.05, 4.69) is 20.2 Å². The van der Waals surface area contributed by atoms with Crippen molar-refractivity contribution in [3.63, 3.8) is 0 Å². The summed E-state index contributed by atoms with van der Waals surface area (Å²) in [6.45, 7) is 3.98. The first-order chi connectivity index (χ1) is 9.24. The fraction of sp³-hybridized carbons (Fsp3) is 0.714. The van der Waals surface area contributed by atoms with Gasteiger partial charge in [0.1, 0.15) is 11.6 Å². The first-order valence-electron chi connectivity index (χ1n) is 7.32. The van der Waals surface area contributed by atoms with E-state index in [1.807, 2.05) is 6.92 Å². The minimum absolute atomic E-state index is 0.0498. The van der Waals surface area contributed by atoms with Crippen molar-refractivity contribution in [2.45, 2.75) is 51.1 Å². The number of hydrogen-bond donors (Lipinski definition) is 2. The first-order valence-corrected chi connectivity index (χ1v) is 7.32. The molecule has 0 spiro atoms. The van der Waals surface area contributed by atoms with E-state index in [0.29, 0.717) is 17.9 Å². The lowest BCUT2D eigenvalue weighted by atomic mass is 9.94. The van der Waals surface area contributed by atoms with Gasteiger partial charge in [-0.25, -0.2) is 4.98 Å². The highest BCUT2D eigenvalue weighted by Gasteiger charge is 2.32. The summed E-state index contributed by atoms with van der Waals surface area (Å²) < 4.78 is 0. The van der Waals surface area contributed by atoms with E-state index in [1.165, 1.54) is 32.1 Å². The Morgan fingerprint density at radius 3 is 2.95 bits per heavy atom. The Labute approximate surface area is 113 Å². The molecule has 2 atom stereocenters. The van der Waals surface area contributed by atoms with E-state index in [1.54, 1.807) is 6.07 Å². The molecule has 19 heavy (non-hydrogen) atoms. The minimum Gasteiger partial charge on any atom is -0.352 e. The Hall–Kier alpha value is -1.36. The summed E-state index contributed by atoms with van der Waals surface area (Å²) >= 11 is 0. The highest BCUT2D eigenvalue weighted by Crippen LogP contribution is 2.27. The summed E-state index contributed by atoms with van der Waals surface area (Å²) in [5, 5.41) is 3.60. The van der Waals surface area contributed by atoms with Crippen LogP contribution in [-0.4, -0.2) is 35.1 Å². The molecule has 3 rings (SSSR count). The number of aryl methyl sites for hydroxylation is 1. The second-order valence-corrected chi connectivity index (χ2v) is 5.65. The average Bonchev–Trinajstić information content (AvgIpc) is 2.91. The number of nitrogens with one attached hydrogen (secondary N) is 2. The van der Waals surface area contributed by atoms with E-state index in [9.17, 15) is 4.79 Å². The van der Waals surface area contributed by atoms with Gasteiger partial charge in [-0.2, -0.15) is 0 Å². The molecule has 2 aliphatic rings. The molecule has 0 aliphatic carbocycles. The van der Waals surface area contributed by atoms with Gasteiger partial charge in [-0.1, -0.05) is 0 Å². The van der Waals surface area contributed by atoms with E-state index in [4.69, 9.17) is 0 Å². The molecule has 5 heteroatoms. The Kier molecular flexibility index (Phi) is 3.55. The standard InChI is InChI=1S/C14H22N4O/c1-10-16-13(9-14(19)17-10)18-8-3-2-6-12(18)11-5-4-7-15-11/h9,11-12,15H,2-8H2,1H3,(H,16,17,19). The van der Waals surface area contributed by atoms with Gasteiger partial charge in [-0.05, 0) is 45.6 Å².